The summed E-state index contributed by atoms with van der Waals surface area (Å²) in [7, 11) is 1.85. The van der Waals surface area contributed by atoms with Crippen LogP contribution in [0.25, 0.3) is 0 Å². The zero-order valence-electron chi connectivity index (χ0n) is 10.0. The second-order valence-electron chi connectivity index (χ2n) is 3.99. The molecule has 0 fully saturated rings. The van der Waals surface area contributed by atoms with Gasteiger partial charge < -0.3 is 9.88 Å². The van der Waals surface area contributed by atoms with Crippen molar-refractivity contribution in [2.45, 2.75) is 13.1 Å². The van der Waals surface area contributed by atoms with Gasteiger partial charge in [-0.15, -0.1) is 0 Å². The van der Waals surface area contributed by atoms with E-state index in [9.17, 15) is 4.39 Å². The molecule has 1 aromatic heterocycles. The van der Waals surface area contributed by atoms with E-state index in [0.717, 1.165) is 5.69 Å². The minimum Gasteiger partial charge on any atom is -0.333 e. The maximum absolute atomic E-state index is 13.7. The molecule has 2 aromatic rings. The van der Waals surface area contributed by atoms with E-state index in [2.05, 4.69) is 10.3 Å². The minimum absolute atomic E-state index is 0.331. The molecule has 0 saturated carbocycles. The molecule has 0 spiro atoms. The first-order valence-electron chi connectivity index (χ1n) is 5.56. The van der Waals surface area contributed by atoms with Gasteiger partial charge in [-0.1, -0.05) is 6.07 Å². The molecule has 0 bridgehead atoms. The van der Waals surface area contributed by atoms with E-state index >= 15 is 0 Å². The van der Waals surface area contributed by atoms with Crippen LogP contribution in [0, 0.1) is 17.1 Å². The Morgan fingerprint density at radius 1 is 1.50 bits per heavy atom. The molecular weight excluding hydrogens is 231 g/mol. The van der Waals surface area contributed by atoms with Crippen LogP contribution in [0.2, 0.25) is 0 Å². The highest BCUT2D eigenvalue weighted by molar-refractivity contribution is 5.33. The molecule has 18 heavy (non-hydrogen) atoms. The molecule has 2 rings (SSSR count). The second kappa shape index (κ2) is 5.43. The van der Waals surface area contributed by atoms with Crippen LogP contribution >= 0.6 is 0 Å². The third-order valence-corrected chi connectivity index (χ3v) is 2.58. The van der Waals surface area contributed by atoms with Gasteiger partial charge in [-0.3, -0.25) is 0 Å². The molecule has 0 aliphatic rings. The number of hydrogen-bond donors (Lipinski definition) is 1. The number of rotatable bonds is 4. The fourth-order valence-electron chi connectivity index (χ4n) is 1.71. The van der Waals surface area contributed by atoms with Crippen molar-refractivity contribution in [1.82, 2.24) is 14.9 Å². The van der Waals surface area contributed by atoms with Gasteiger partial charge in [-0.05, 0) is 19.2 Å². The Bertz CT molecular complexity index is 583. The Morgan fingerprint density at radius 3 is 3.00 bits per heavy atom. The van der Waals surface area contributed by atoms with Crippen LogP contribution in [0.5, 0.6) is 0 Å². The van der Waals surface area contributed by atoms with Crippen LogP contribution in [0.15, 0.2) is 30.7 Å². The number of aromatic nitrogens is 2. The Labute approximate surface area is 105 Å². The number of nitriles is 1. The zero-order chi connectivity index (χ0) is 13.0. The Balaban J connectivity index is 2.15. The Hall–Kier alpha value is -2.19. The molecule has 92 valence electrons. The SMILES string of the molecule is CNCc1cn(Cc2ccc(C#N)cc2F)cn1. The molecule has 1 heterocycles. The monoisotopic (exact) mass is 244 g/mol. The minimum atomic E-state index is -0.363. The molecule has 0 aliphatic carbocycles. The summed E-state index contributed by atoms with van der Waals surface area (Å²) in [4.78, 5) is 4.19. The van der Waals surface area contributed by atoms with E-state index in [1.165, 1.54) is 6.07 Å². The van der Waals surface area contributed by atoms with Gasteiger partial charge in [0.2, 0.25) is 0 Å². The fourth-order valence-corrected chi connectivity index (χ4v) is 1.71. The fraction of sp³-hybridized carbons (Fsp3) is 0.231. The maximum atomic E-state index is 13.7. The van der Waals surface area contributed by atoms with Gasteiger partial charge in [0.15, 0.2) is 0 Å². The van der Waals surface area contributed by atoms with Crippen molar-refractivity contribution in [3.8, 4) is 6.07 Å². The van der Waals surface area contributed by atoms with E-state index in [4.69, 9.17) is 5.26 Å². The lowest BCUT2D eigenvalue weighted by Gasteiger charge is -2.04. The molecule has 0 aliphatic heterocycles. The number of halogens is 1. The van der Waals surface area contributed by atoms with Crippen LogP contribution < -0.4 is 5.32 Å². The number of nitrogens with zero attached hydrogens (tertiary/aromatic N) is 3. The molecule has 0 unspecified atom stereocenters. The number of nitrogens with one attached hydrogen (secondary N) is 1. The molecule has 0 saturated heterocycles. The van der Waals surface area contributed by atoms with E-state index in [0.29, 0.717) is 24.2 Å². The molecule has 1 aromatic carbocycles. The summed E-state index contributed by atoms with van der Waals surface area (Å²) in [6.45, 7) is 1.09. The smallest absolute Gasteiger partial charge is 0.129 e. The topological polar surface area (TPSA) is 53.6 Å². The van der Waals surface area contributed by atoms with Crippen molar-refractivity contribution in [2.75, 3.05) is 7.05 Å². The summed E-state index contributed by atoms with van der Waals surface area (Å²) in [5.41, 5.74) is 1.78. The van der Waals surface area contributed by atoms with Gasteiger partial charge in [0.25, 0.3) is 0 Å². The van der Waals surface area contributed by atoms with Gasteiger partial charge in [-0.2, -0.15) is 5.26 Å². The first-order valence-corrected chi connectivity index (χ1v) is 5.56. The van der Waals surface area contributed by atoms with Crippen molar-refractivity contribution in [2.24, 2.45) is 0 Å². The molecule has 0 amide bonds. The number of hydrogen-bond acceptors (Lipinski definition) is 3. The number of imidazole rings is 1. The highest BCUT2D eigenvalue weighted by atomic mass is 19.1. The van der Waals surface area contributed by atoms with E-state index in [1.807, 2.05) is 23.9 Å². The van der Waals surface area contributed by atoms with Crippen molar-refractivity contribution in [3.63, 3.8) is 0 Å². The van der Waals surface area contributed by atoms with E-state index < -0.39 is 0 Å². The van der Waals surface area contributed by atoms with E-state index in [1.54, 1.807) is 18.5 Å². The Morgan fingerprint density at radius 2 is 2.33 bits per heavy atom. The quantitative estimate of drug-likeness (QED) is 0.890. The van der Waals surface area contributed by atoms with Crippen molar-refractivity contribution in [3.05, 3.63) is 53.4 Å². The standard InChI is InChI=1S/C13H13FN4/c1-16-6-12-8-18(9-17-12)7-11-3-2-10(5-15)4-13(11)14/h2-4,8-9,16H,6-7H2,1H3. The lowest BCUT2D eigenvalue weighted by molar-refractivity contribution is 0.599. The lowest BCUT2D eigenvalue weighted by atomic mass is 10.1. The predicted octanol–water partition coefficient (Wildman–Crippen LogP) is 1.66. The van der Waals surface area contributed by atoms with Crippen LogP contribution in [0.4, 0.5) is 4.39 Å². The zero-order valence-corrected chi connectivity index (χ0v) is 10.0. The van der Waals surface area contributed by atoms with Gasteiger partial charge >= 0.3 is 0 Å². The third kappa shape index (κ3) is 2.73. The average molecular weight is 244 g/mol. The van der Waals surface area contributed by atoms with Crippen LogP contribution in [0.1, 0.15) is 16.8 Å². The highest BCUT2D eigenvalue weighted by Gasteiger charge is 2.05. The van der Waals surface area contributed by atoms with Crippen molar-refractivity contribution in [1.29, 1.82) is 5.26 Å². The first-order chi connectivity index (χ1) is 8.72. The summed E-state index contributed by atoms with van der Waals surface area (Å²) in [5.74, 6) is -0.363. The highest BCUT2D eigenvalue weighted by Crippen LogP contribution is 2.12. The van der Waals surface area contributed by atoms with Crippen molar-refractivity contribution >= 4 is 0 Å². The van der Waals surface area contributed by atoms with Crippen LogP contribution in [-0.2, 0) is 13.1 Å². The lowest BCUT2D eigenvalue weighted by Crippen LogP contribution is -2.05. The van der Waals surface area contributed by atoms with Gasteiger partial charge in [-0.25, -0.2) is 9.37 Å². The summed E-state index contributed by atoms with van der Waals surface area (Å²) in [5, 5.41) is 11.7. The second-order valence-corrected chi connectivity index (χ2v) is 3.99. The third-order valence-electron chi connectivity index (χ3n) is 2.58. The molecule has 1 N–H and O–H groups in total. The predicted molar refractivity (Wildman–Crippen MR) is 65.2 cm³/mol. The van der Waals surface area contributed by atoms with Crippen LogP contribution in [-0.4, -0.2) is 16.6 Å². The van der Waals surface area contributed by atoms with Crippen molar-refractivity contribution < 1.29 is 4.39 Å². The molecule has 0 atom stereocenters. The van der Waals surface area contributed by atoms with Gasteiger partial charge in [0, 0.05) is 18.3 Å². The Kier molecular flexibility index (Phi) is 3.70. The normalized spacial score (nSPS) is 10.3. The summed E-state index contributed by atoms with van der Waals surface area (Å²) < 4.78 is 15.5. The molecular formula is C13H13FN4. The van der Waals surface area contributed by atoms with Gasteiger partial charge in [0.05, 0.1) is 30.2 Å². The largest absolute Gasteiger partial charge is 0.333 e. The average Bonchev–Trinajstić information content (AvgIpc) is 2.80. The maximum Gasteiger partial charge on any atom is 0.129 e. The molecule has 4 nitrogen and oxygen atoms in total. The van der Waals surface area contributed by atoms with E-state index in [-0.39, 0.29) is 5.82 Å². The summed E-state index contributed by atoms with van der Waals surface area (Å²) in [6, 6.07) is 6.41. The van der Waals surface area contributed by atoms with Gasteiger partial charge in [0.1, 0.15) is 5.82 Å². The number of benzene rings is 1. The summed E-state index contributed by atoms with van der Waals surface area (Å²) in [6.07, 6.45) is 3.54. The molecule has 0 radical (unpaired) electrons. The molecule has 5 heteroatoms. The first kappa shape index (κ1) is 12.3. The van der Waals surface area contributed by atoms with Crippen LogP contribution in [0.3, 0.4) is 0 Å². The summed E-state index contributed by atoms with van der Waals surface area (Å²) >= 11 is 0.